The minimum atomic E-state index is 0.0978. The average Bonchev–Trinajstić information content (AvgIpc) is 2.79. The first kappa shape index (κ1) is 10.4. The summed E-state index contributed by atoms with van der Waals surface area (Å²) in [6.45, 7) is 0.282. The molecule has 0 aromatic carbocycles. The molecule has 82 valence electrons. The summed E-state index contributed by atoms with van der Waals surface area (Å²) in [5, 5.41) is 16.1. The maximum Gasteiger partial charge on any atom is 0.193 e. The molecule has 0 saturated carbocycles. The number of carbonyl (C=O) groups is 1. The van der Waals surface area contributed by atoms with Gasteiger partial charge in [-0.15, -0.1) is 10.2 Å². The van der Waals surface area contributed by atoms with Gasteiger partial charge < -0.3 is 5.32 Å². The molecule has 9 heteroatoms. The van der Waals surface area contributed by atoms with E-state index >= 15 is 0 Å². The fraction of sp³-hybridized carbons (Fsp3) is 0.143. The van der Waals surface area contributed by atoms with Crippen LogP contribution in [-0.2, 0) is 6.54 Å². The molecule has 0 unspecified atom stereocenters. The molecule has 0 saturated heterocycles. The zero-order chi connectivity index (χ0) is 11.4. The third-order valence-corrected chi connectivity index (χ3v) is 2.06. The van der Waals surface area contributed by atoms with Crippen LogP contribution in [-0.4, -0.2) is 36.9 Å². The minimum Gasteiger partial charge on any atom is -0.362 e. The van der Waals surface area contributed by atoms with Crippen molar-refractivity contribution in [2.24, 2.45) is 0 Å². The highest BCUT2D eigenvalue weighted by atomic mass is 35.5. The van der Waals surface area contributed by atoms with Gasteiger partial charge in [-0.3, -0.25) is 4.79 Å². The van der Waals surface area contributed by atoms with Crippen LogP contribution in [0.3, 0.4) is 0 Å². The average molecular weight is 240 g/mol. The number of aromatic nitrogens is 6. The Bertz CT molecular complexity index is 485. The summed E-state index contributed by atoms with van der Waals surface area (Å²) in [5.74, 6) is 0.784. The molecule has 0 aliphatic carbocycles. The van der Waals surface area contributed by atoms with Gasteiger partial charge in [-0.25, -0.2) is 9.97 Å². The molecule has 0 radical (unpaired) electrons. The summed E-state index contributed by atoms with van der Waals surface area (Å²) in [6.07, 6.45) is 1.84. The third kappa shape index (κ3) is 2.11. The number of H-pyrrole nitrogens is 1. The monoisotopic (exact) mass is 239 g/mol. The van der Waals surface area contributed by atoms with Crippen LogP contribution >= 0.6 is 11.6 Å². The number of aromatic amines is 1. The van der Waals surface area contributed by atoms with Crippen molar-refractivity contribution in [3.63, 3.8) is 0 Å². The fourth-order valence-electron chi connectivity index (χ4n) is 1.04. The van der Waals surface area contributed by atoms with E-state index in [4.69, 9.17) is 11.6 Å². The molecule has 0 spiro atoms. The van der Waals surface area contributed by atoms with E-state index in [2.05, 4.69) is 35.9 Å². The largest absolute Gasteiger partial charge is 0.362 e. The summed E-state index contributed by atoms with van der Waals surface area (Å²) < 4.78 is 0. The van der Waals surface area contributed by atoms with Crippen molar-refractivity contribution in [3.8, 4) is 0 Å². The molecule has 2 aromatic heterocycles. The van der Waals surface area contributed by atoms with E-state index in [1.54, 1.807) is 0 Å². The maximum atomic E-state index is 10.8. The maximum absolute atomic E-state index is 10.8. The Labute approximate surface area is 94.4 Å². The van der Waals surface area contributed by atoms with Crippen molar-refractivity contribution in [2.75, 3.05) is 5.32 Å². The van der Waals surface area contributed by atoms with E-state index in [1.807, 2.05) is 0 Å². The van der Waals surface area contributed by atoms with Gasteiger partial charge in [0.1, 0.15) is 17.3 Å². The van der Waals surface area contributed by atoms with Gasteiger partial charge in [-0.2, -0.15) is 5.21 Å². The molecule has 0 aliphatic rings. The lowest BCUT2D eigenvalue weighted by Crippen LogP contribution is -2.06. The van der Waals surface area contributed by atoms with Gasteiger partial charge >= 0.3 is 0 Å². The van der Waals surface area contributed by atoms with E-state index in [-0.39, 0.29) is 17.3 Å². The Morgan fingerprint density at radius 3 is 3.06 bits per heavy atom. The van der Waals surface area contributed by atoms with Crippen molar-refractivity contribution in [1.29, 1.82) is 0 Å². The topological polar surface area (TPSA) is 109 Å². The first-order valence-electron chi connectivity index (χ1n) is 4.23. The quantitative estimate of drug-likeness (QED) is 0.574. The fourth-order valence-corrected chi connectivity index (χ4v) is 1.22. The van der Waals surface area contributed by atoms with E-state index in [1.165, 1.54) is 6.33 Å². The van der Waals surface area contributed by atoms with Crippen molar-refractivity contribution < 1.29 is 4.79 Å². The lowest BCUT2D eigenvalue weighted by Gasteiger charge is -2.05. The molecule has 0 aliphatic heterocycles. The number of aldehydes is 1. The zero-order valence-corrected chi connectivity index (χ0v) is 8.64. The van der Waals surface area contributed by atoms with Gasteiger partial charge in [0.2, 0.25) is 0 Å². The zero-order valence-electron chi connectivity index (χ0n) is 7.88. The normalized spacial score (nSPS) is 10.1. The molecular formula is C7H6ClN7O. The number of anilines is 1. The van der Waals surface area contributed by atoms with Crippen LogP contribution in [0.4, 0.5) is 5.82 Å². The molecule has 0 atom stereocenters. The van der Waals surface area contributed by atoms with Crippen molar-refractivity contribution in [2.45, 2.75) is 6.54 Å². The van der Waals surface area contributed by atoms with Crippen molar-refractivity contribution in [1.82, 2.24) is 30.6 Å². The van der Waals surface area contributed by atoms with Gasteiger partial charge in [0.25, 0.3) is 0 Å². The van der Waals surface area contributed by atoms with Crippen LogP contribution in [0.25, 0.3) is 0 Å². The molecular weight excluding hydrogens is 234 g/mol. The van der Waals surface area contributed by atoms with E-state index in [0.29, 0.717) is 17.9 Å². The predicted molar refractivity (Wildman–Crippen MR) is 53.9 cm³/mol. The van der Waals surface area contributed by atoms with Gasteiger partial charge in [0.05, 0.1) is 12.1 Å². The number of hydrogen-bond acceptors (Lipinski definition) is 7. The Kier molecular flexibility index (Phi) is 3.01. The van der Waals surface area contributed by atoms with E-state index < -0.39 is 0 Å². The van der Waals surface area contributed by atoms with Gasteiger partial charge in [0, 0.05) is 0 Å². The van der Waals surface area contributed by atoms with Crippen LogP contribution in [0.1, 0.15) is 16.2 Å². The number of tetrazole rings is 1. The number of carbonyl (C=O) groups excluding carboxylic acids is 1. The first-order valence-corrected chi connectivity index (χ1v) is 4.61. The van der Waals surface area contributed by atoms with Crippen LogP contribution < -0.4 is 5.32 Å². The van der Waals surface area contributed by atoms with Crippen molar-refractivity contribution in [3.05, 3.63) is 22.9 Å². The second-order valence-electron chi connectivity index (χ2n) is 2.73. The molecule has 2 N–H and O–H groups in total. The molecule has 0 amide bonds. The molecule has 2 aromatic rings. The number of nitrogens with one attached hydrogen (secondary N) is 2. The second kappa shape index (κ2) is 4.62. The van der Waals surface area contributed by atoms with Crippen molar-refractivity contribution >= 4 is 23.7 Å². The molecule has 8 nitrogen and oxygen atoms in total. The van der Waals surface area contributed by atoms with Crippen LogP contribution in [0.15, 0.2) is 6.33 Å². The molecule has 16 heavy (non-hydrogen) atoms. The molecule has 2 rings (SSSR count). The lowest BCUT2D eigenvalue weighted by atomic mass is 10.3. The third-order valence-electron chi connectivity index (χ3n) is 1.76. The molecule has 0 fully saturated rings. The number of halogens is 1. The van der Waals surface area contributed by atoms with Crippen LogP contribution in [0, 0.1) is 0 Å². The summed E-state index contributed by atoms with van der Waals surface area (Å²) in [6, 6.07) is 0. The summed E-state index contributed by atoms with van der Waals surface area (Å²) in [4.78, 5) is 18.3. The van der Waals surface area contributed by atoms with Gasteiger partial charge in [-0.1, -0.05) is 16.8 Å². The minimum absolute atomic E-state index is 0.0978. The molecule has 0 bridgehead atoms. The van der Waals surface area contributed by atoms with Crippen LogP contribution in [0.5, 0.6) is 0 Å². The Morgan fingerprint density at radius 1 is 1.50 bits per heavy atom. The van der Waals surface area contributed by atoms with E-state index in [0.717, 1.165) is 0 Å². The summed E-state index contributed by atoms with van der Waals surface area (Å²) in [7, 11) is 0. The van der Waals surface area contributed by atoms with Gasteiger partial charge in [0.15, 0.2) is 12.1 Å². The van der Waals surface area contributed by atoms with Gasteiger partial charge in [-0.05, 0) is 0 Å². The summed E-state index contributed by atoms with van der Waals surface area (Å²) >= 11 is 5.72. The standard InChI is InChI=1S/C7H6ClN7O/c8-6-4(2-16)7(11-3-10-6)9-1-5-12-14-15-13-5/h2-3H,1H2,(H,9,10,11)(H,12,13,14,15). The van der Waals surface area contributed by atoms with Crippen LogP contribution in [0.2, 0.25) is 5.15 Å². The number of rotatable bonds is 4. The SMILES string of the molecule is O=Cc1c(Cl)ncnc1NCc1nn[nH]n1. The molecule has 2 heterocycles. The summed E-state index contributed by atoms with van der Waals surface area (Å²) in [5.41, 5.74) is 0.202. The number of nitrogens with zero attached hydrogens (tertiary/aromatic N) is 5. The second-order valence-corrected chi connectivity index (χ2v) is 3.08. The smallest absolute Gasteiger partial charge is 0.193 e. The van der Waals surface area contributed by atoms with E-state index in [9.17, 15) is 4.79 Å². The highest BCUT2D eigenvalue weighted by Crippen LogP contribution is 2.17. The Hall–Kier alpha value is -2.09. The number of hydrogen-bond donors (Lipinski definition) is 2. The Morgan fingerprint density at radius 2 is 2.38 bits per heavy atom. The first-order chi connectivity index (χ1) is 7.81. The highest BCUT2D eigenvalue weighted by Gasteiger charge is 2.09. The predicted octanol–water partition coefficient (Wildman–Crippen LogP) is 0.0677. The Balaban J connectivity index is 2.15. The highest BCUT2D eigenvalue weighted by molar-refractivity contribution is 6.32. The lowest BCUT2D eigenvalue weighted by molar-refractivity contribution is 0.112.